The van der Waals surface area contributed by atoms with Crippen LogP contribution in [-0.4, -0.2) is 61.2 Å². The Morgan fingerprint density at radius 3 is 2.74 bits per heavy atom. The van der Waals surface area contributed by atoms with Crippen LogP contribution in [0.25, 0.3) is 0 Å². The lowest BCUT2D eigenvalue weighted by Crippen LogP contribution is -2.53. The molecule has 2 N–H and O–H groups in total. The standard InChI is InChI=1S/C17H23F2N3O/c1-21-6-10-7-22(8-16(10)21)12-5-15(20)17(23-9-12)13-4-11(18)2-3-14(13)19/h2-4,10,12,15-17H,5-9,20H2,1H3. The molecule has 5 unspecified atom stereocenters. The third kappa shape index (κ3) is 2.67. The van der Waals surface area contributed by atoms with Crippen molar-refractivity contribution in [1.29, 1.82) is 0 Å². The van der Waals surface area contributed by atoms with Crippen LogP contribution in [0.5, 0.6) is 0 Å². The molecule has 1 aromatic carbocycles. The summed E-state index contributed by atoms with van der Waals surface area (Å²) in [5.74, 6) is -0.153. The Balaban J connectivity index is 1.43. The summed E-state index contributed by atoms with van der Waals surface area (Å²) in [6.07, 6.45) is 0.188. The van der Waals surface area contributed by atoms with E-state index in [2.05, 4.69) is 16.8 Å². The average molecular weight is 323 g/mol. The number of likely N-dealkylation sites (N-methyl/N-ethyl adjacent to an activating group) is 1. The summed E-state index contributed by atoms with van der Waals surface area (Å²) in [4.78, 5) is 4.84. The monoisotopic (exact) mass is 323 g/mol. The van der Waals surface area contributed by atoms with Gasteiger partial charge in [0, 0.05) is 49.2 Å². The van der Waals surface area contributed by atoms with E-state index in [0.29, 0.717) is 12.6 Å². The fraction of sp³-hybridized carbons (Fsp3) is 0.647. The Kier molecular flexibility index (Phi) is 3.88. The second-order valence-corrected chi connectivity index (χ2v) is 7.19. The van der Waals surface area contributed by atoms with Crippen molar-refractivity contribution in [2.75, 3.05) is 33.3 Å². The van der Waals surface area contributed by atoms with Crippen LogP contribution in [0.3, 0.4) is 0 Å². The van der Waals surface area contributed by atoms with Crippen molar-refractivity contribution < 1.29 is 13.5 Å². The minimum absolute atomic E-state index is 0.233. The Morgan fingerprint density at radius 1 is 1.22 bits per heavy atom. The van der Waals surface area contributed by atoms with Gasteiger partial charge in [-0.3, -0.25) is 4.90 Å². The molecule has 0 radical (unpaired) electrons. The third-order valence-corrected chi connectivity index (χ3v) is 5.71. The molecule has 0 aromatic heterocycles. The highest BCUT2D eigenvalue weighted by molar-refractivity contribution is 5.23. The van der Waals surface area contributed by atoms with Gasteiger partial charge in [0.25, 0.3) is 0 Å². The van der Waals surface area contributed by atoms with E-state index in [1.54, 1.807) is 0 Å². The van der Waals surface area contributed by atoms with Crippen molar-refractivity contribution in [2.45, 2.75) is 30.7 Å². The number of nitrogens with zero attached hydrogens (tertiary/aromatic N) is 2. The maximum Gasteiger partial charge on any atom is 0.129 e. The Hall–Kier alpha value is -1.08. The molecular formula is C17H23F2N3O. The minimum Gasteiger partial charge on any atom is -0.370 e. The normalized spacial score (nSPS) is 38.3. The predicted octanol–water partition coefficient (Wildman–Crippen LogP) is 1.37. The fourth-order valence-corrected chi connectivity index (χ4v) is 4.38. The van der Waals surface area contributed by atoms with Crippen LogP contribution in [0.1, 0.15) is 18.1 Å². The van der Waals surface area contributed by atoms with Gasteiger partial charge in [-0.15, -0.1) is 0 Å². The average Bonchev–Trinajstić information content (AvgIpc) is 2.87. The van der Waals surface area contributed by atoms with Gasteiger partial charge in [-0.25, -0.2) is 8.78 Å². The molecule has 6 heteroatoms. The van der Waals surface area contributed by atoms with Crippen LogP contribution in [0.2, 0.25) is 0 Å². The van der Waals surface area contributed by atoms with E-state index < -0.39 is 17.7 Å². The van der Waals surface area contributed by atoms with Crippen LogP contribution in [0.4, 0.5) is 8.78 Å². The first kappa shape index (κ1) is 15.4. The first-order valence-electron chi connectivity index (χ1n) is 8.29. The largest absolute Gasteiger partial charge is 0.370 e. The maximum atomic E-state index is 14.0. The molecule has 0 saturated carbocycles. The first-order chi connectivity index (χ1) is 11.0. The molecule has 4 nitrogen and oxygen atoms in total. The Labute approximate surface area is 135 Å². The SMILES string of the molecule is CN1CC2CN(C3COC(c4cc(F)ccc4F)C(N)C3)CC21. The molecule has 1 aromatic rings. The van der Waals surface area contributed by atoms with E-state index in [4.69, 9.17) is 10.5 Å². The highest BCUT2D eigenvalue weighted by atomic mass is 19.1. The summed E-state index contributed by atoms with van der Waals surface area (Å²) in [7, 11) is 2.16. The second kappa shape index (κ2) is 5.77. The van der Waals surface area contributed by atoms with Crippen molar-refractivity contribution in [1.82, 2.24) is 9.80 Å². The van der Waals surface area contributed by atoms with E-state index in [1.165, 1.54) is 6.07 Å². The topological polar surface area (TPSA) is 41.7 Å². The van der Waals surface area contributed by atoms with Gasteiger partial charge in [0.1, 0.15) is 17.7 Å². The summed E-state index contributed by atoms with van der Waals surface area (Å²) in [6, 6.07) is 4.07. The number of ether oxygens (including phenoxy) is 1. The van der Waals surface area contributed by atoms with Crippen LogP contribution < -0.4 is 5.73 Å². The number of hydrogen-bond donors (Lipinski definition) is 1. The molecule has 23 heavy (non-hydrogen) atoms. The molecule has 0 bridgehead atoms. The second-order valence-electron chi connectivity index (χ2n) is 7.19. The molecule has 5 atom stereocenters. The zero-order chi connectivity index (χ0) is 16.1. The van der Waals surface area contributed by atoms with Crippen molar-refractivity contribution >= 4 is 0 Å². The van der Waals surface area contributed by atoms with E-state index in [0.717, 1.165) is 44.1 Å². The van der Waals surface area contributed by atoms with Crippen molar-refractivity contribution in [3.05, 3.63) is 35.4 Å². The minimum atomic E-state index is -0.566. The molecule has 126 valence electrons. The van der Waals surface area contributed by atoms with Gasteiger partial charge in [-0.1, -0.05) is 0 Å². The smallest absolute Gasteiger partial charge is 0.129 e. The van der Waals surface area contributed by atoms with Crippen molar-refractivity contribution in [2.24, 2.45) is 11.7 Å². The lowest BCUT2D eigenvalue weighted by molar-refractivity contribution is -0.0475. The zero-order valence-electron chi connectivity index (χ0n) is 13.3. The zero-order valence-corrected chi connectivity index (χ0v) is 13.3. The predicted molar refractivity (Wildman–Crippen MR) is 82.9 cm³/mol. The number of benzene rings is 1. The molecule has 3 saturated heterocycles. The summed E-state index contributed by atoms with van der Waals surface area (Å²) in [5.41, 5.74) is 6.48. The van der Waals surface area contributed by atoms with Crippen LogP contribution >= 0.6 is 0 Å². The summed E-state index contributed by atoms with van der Waals surface area (Å²) < 4.78 is 33.2. The Bertz CT molecular complexity index is 599. The molecule has 3 aliphatic heterocycles. The molecule has 0 spiro atoms. The van der Waals surface area contributed by atoms with Gasteiger partial charge < -0.3 is 15.4 Å². The van der Waals surface area contributed by atoms with Gasteiger partial charge in [-0.05, 0) is 31.7 Å². The maximum absolute atomic E-state index is 14.0. The van der Waals surface area contributed by atoms with E-state index in [-0.39, 0.29) is 17.6 Å². The lowest BCUT2D eigenvalue weighted by Gasteiger charge is -2.40. The van der Waals surface area contributed by atoms with Gasteiger partial charge in [0.15, 0.2) is 0 Å². The number of rotatable bonds is 2. The van der Waals surface area contributed by atoms with E-state index in [1.807, 2.05) is 0 Å². The number of likely N-dealkylation sites (tertiary alicyclic amines) is 2. The van der Waals surface area contributed by atoms with E-state index in [9.17, 15) is 8.78 Å². The van der Waals surface area contributed by atoms with Gasteiger partial charge >= 0.3 is 0 Å². The summed E-state index contributed by atoms with van der Waals surface area (Å²) in [5, 5.41) is 0. The molecular weight excluding hydrogens is 300 g/mol. The highest BCUT2D eigenvalue weighted by Gasteiger charge is 2.46. The molecule has 0 amide bonds. The van der Waals surface area contributed by atoms with Crippen LogP contribution in [0.15, 0.2) is 18.2 Å². The molecule has 4 rings (SSSR count). The number of hydrogen-bond acceptors (Lipinski definition) is 4. The van der Waals surface area contributed by atoms with Gasteiger partial charge in [-0.2, -0.15) is 0 Å². The quantitative estimate of drug-likeness (QED) is 0.893. The van der Waals surface area contributed by atoms with E-state index >= 15 is 0 Å². The van der Waals surface area contributed by atoms with Crippen molar-refractivity contribution in [3.8, 4) is 0 Å². The molecule has 3 aliphatic rings. The van der Waals surface area contributed by atoms with Crippen LogP contribution in [0, 0.1) is 17.6 Å². The van der Waals surface area contributed by atoms with Crippen molar-refractivity contribution in [3.63, 3.8) is 0 Å². The van der Waals surface area contributed by atoms with Gasteiger partial charge in [0.2, 0.25) is 0 Å². The number of halogens is 2. The van der Waals surface area contributed by atoms with Gasteiger partial charge in [0.05, 0.1) is 6.61 Å². The first-order valence-corrected chi connectivity index (χ1v) is 8.29. The fourth-order valence-electron chi connectivity index (χ4n) is 4.38. The third-order valence-electron chi connectivity index (χ3n) is 5.71. The lowest BCUT2D eigenvalue weighted by atomic mass is 9.93. The highest BCUT2D eigenvalue weighted by Crippen LogP contribution is 2.36. The summed E-state index contributed by atoms with van der Waals surface area (Å²) >= 11 is 0. The number of fused-ring (bicyclic) bond motifs is 1. The molecule has 3 heterocycles. The number of nitrogens with two attached hydrogens (primary N) is 1. The Morgan fingerprint density at radius 2 is 2.04 bits per heavy atom. The molecule has 0 aliphatic carbocycles. The van der Waals surface area contributed by atoms with Crippen LogP contribution in [-0.2, 0) is 4.74 Å². The molecule has 3 fully saturated rings. The summed E-state index contributed by atoms with van der Waals surface area (Å²) in [6.45, 7) is 3.84.